The molecule has 0 radical (unpaired) electrons. The molecule has 0 aromatic heterocycles. The zero-order valence-corrected chi connectivity index (χ0v) is 27.8. The van der Waals surface area contributed by atoms with Crippen LogP contribution in [0.5, 0.6) is 0 Å². The summed E-state index contributed by atoms with van der Waals surface area (Å²) in [5.74, 6) is 0. The molecule has 0 saturated heterocycles. The van der Waals surface area contributed by atoms with Gasteiger partial charge in [0.1, 0.15) is 12.6 Å². The molecule has 0 aromatic carbocycles. The van der Waals surface area contributed by atoms with Crippen LogP contribution >= 0.6 is 0 Å². The minimum Gasteiger partial charge on any atom is -0.390 e. The van der Waals surface area contributed by atoms with Gasteiger partial charge in [-0.2, -0.15) is 0 Å². The Morgan fingerprint density at radius 3 is 1.20 bits per heavy atom. The summed E-state index contributed by atoms with van der Waals surface area (Å²) in [6.07, 6.45) is 42.9. The molecule has 1 rings (SSSR count). The van der Waals surface area contributed by atoms with E-state index in [1.54, 1.807) is 0 Å². The molecule has 0 fully saturated rings. The molecule has 0 aliphatic carbocycles. The molecule has 238 valence electrons. The molecule has 2 unspecified atom stereocenters. The van der Waals surface area contributed by atoms with Gasteiger partial charge in [-0.25, -0.2) is 4.99 Å². The summed E-state index contributed by atoms with van der Waals surface area (Å²) >= 11 is 0. The predicted octanol–water partition coefficient (Wildman–Crippen LogP) is 11.6. The van der Waals surface area contributed by atoms with Gasteiger partial charge in [-0.05, 0) is 19.3 Å². The average molecular weight is 564 g/mol. The Balaban J connectivity index is 2.01. The molecule has 3 heteroatoms. The number of nitrogens with zero attached hydrogens (tertiary/aromatic N) is 2. The highest BCUT2D eigenvalue weighted by Crippen LogP contribution is 2.23. The van der Waals surface area contributed by atoms with Crippen LogP contribution in [0.2, 0.25) is 0 Å². The summed E-state index contributed by atoms with van der Waals surface area (Å²) in [6.45, 7) is 8.17. The van der Waals surface area contributed by atoms with Crippen LogP contribution in [-0.2, 0) is 0 Å². The molecule has 1 heterocycles. The van der Waals surface area contributed by atoms with Crippen molar-refractivity contribution in [2.75, 3.05) is 26.2 Å². The molecule has 2 atom stereocenters. The van der Waals surface area contributed by atoms with Crippen LogP contribution in [0.3, 0.4) is 0 Å². The van der Waals surface area contributed by atoms with E-state index in [1.807, 2.05) is 0 Å². The molecule has 3 nitrogen and oxygen atoms in total. The second kappa shape index (κ2) is 28.7. The van der Waals surface area contributed by atoms with Crippen molar-refractivity contribution in [3.8, 4) is 0 Å². The third kappa shape index (κ3) is 20.5. The quantitative estimate of drug-likeness (QED) is 0.0640. The van der Waals surface area contributed by atoms with E-state index >= 15 is 0 Å². The monoisotopic (exact) mass is 564 g/mol. The molecule has 0 amide bonds. The molecule has 0 bridgehead atoms. The number of hydrogen-bond donors (Lipinski definition) is 1. The van der Waals surface area contributed by atoms with Crippen LogP contribution in [-0.4, -0.2) is 48.2 Å². The first kappa shape index (κ1) is 37.6. The van der Waals surface area contributed by atoms with Crippen LogP contribution in [0, 0.1) is 0 Å². The SMILES string of the molecule is CCCCCCCCCCCCCCCCCCC(CO)[N+]1(CCCCCCCCCCCCCC)C=NCC1. The van der Waals surface area contributed by atoms with E-state index in [-0.39, 0.29) is 0 Å². The summed E-state index contributed by atoms with van der Waals surface area (Å²) in [7, 11) is 0. The fourth-order valence-electron chi connectivity index (χ4n) is 6.84. The van der Waals surface area contributed by atoms with Crippen molar-refractivity contribution in [2.45, 2.75) is 206 Å². The Hall–Kier alpha value is -0.410. The largest absolute Gasteiger partial charge is 0.390 e. The van der Waals surface area contributed by atoms with Crippen molar-refractivity contribution in [1.29, 1.82) is 0 Å². The second-order valence-electron chi connectivity index (χ2n) is 13.4. The van der Waals surface area contributed by atoms with Crippen LogP contribution < -0.4 is 0 Å². The Morgan fingerprint density at radius 1 is 0.525 bits per heavy atom. The molecular formula is C37H75N2O+. The van der Waals surface area contributed by atoms with E-state index in [4.69, 9.17) is 0 Å². The van der Waals surface area contributed by atoms with Gasteiger partial charge in [0.05, 0.1) is 19.7 Å². The summed E-state index contributed by atoms with van der Waals surface area (Å²) in [5, 5.41) is 10.3. The normalized spacial score (nSPS) is 17.7. The van der Waals surface area contributed by atoms with Gasteiger partial charge in [-0.3, -0.25) is 4.48 Å². The second-order valence-corrected chi connectivity index (χ2v) is 13.4. The van der Waals surface area contributed by atoms with E-state index in [0.717, 1.165) is 17.6 Å². The van der Waals surface area contributed by atoms with Gasteiger partial charge < -0.3 is 5.11 Å². The summed E-state index contributed by atoms with van der Waals surface area (Å²) in [4.78, 5) is 4.64. The molecule has 0 saturated carbocycles. The Kier molecular flexibility index (Phi) is 27.0. The van der Waals surface area contributed by atoms with Gasteiger partial charge in [-0.1, -0.05) is 174 Å². The fourth-order valence-corrected chi connectivity index (χ4v) is 6.84. The first-order chi connectivity index (χ1) is 19.8. The van der Waals surface area contributed by atoms with Crippen LogP contribution in [0.1, 0.15) is 200 Å². The number of rotatable bonds is 32. The lowest BCUT2D eigenvalue weighted by atomic mass is 10.0. The standard InChI is InChI=1S/C37H75N2O/c1-3-5-7-9-11-13-15-17-18-19-20-21-23-25-27-29-31-37(35-40)39(34-32-38-36-39)33-30-28-26-24-22-16-14-12-10-8-6-4-2/h36-37,40H,3-35H2,1-2H3/q+1. The minimum atomic E-state index is 0.322. The lowest BCUT2D eigenvalue weighted by molar-refractivity contribution is -0.856. The van der Waals surface area contributed by atoms with Crippen LogP contribution in [0.25, 0.3) is 0 Å². The fraction of sp³-hybridized carbons (Fsp3) is 0.973. The van der Waals surface area contributed by atoms with Crippen molar-refractivity contribution in [3.63, 3.8) is 0 Å². The van der Waals surface area contributed by atoms with Crippen molar-refractivity contribution in [1.82, 2.24) is 0 Å². The van der Waals surface area contributed by atoms with Gasteiger partial charge in [-0.15, -0.1) is 0 Å². The summed E-state index contributed by atoms with van der Waals surface area (Å²) < 4.78 is 0.965. The Morgan fingerprint density at radius 2 is 0.875 bits per heavy atom. The first-order valence-corrected chi connectivity index (χ1v) is 18.8. The van der Waals surface area contributed by atoms with Gasteiger partial charge in [0, 0.05) is 6.42 Å². The van der Waals surface area contributed by atoms with Crippen molar-refractivity contribution in [2.24, 2.45) is 4.99 Å². The number of aliphatic hydroxyl groups excluding tert-OH is 1. The van der Waals surface area contributed by atoms with Gasteiger partial charge in [0.15, 0.2) is 6.34 Å². The van der Waals surface area contributed by atoms with Crippen molar-refractivity contribution < 1.29 is 9.59 Å². The number of quaternary nitrogens is 1. The minimum absolute atomic E-state index is 0.322. The molecular weight excluding hydrogens is 488 g/mol. The van der Waals surface area contributed by atoms with E-state index in [2.05, 4.69) is 25.2 Å². The highest BCUT2D eigenvalue weighted by Gasteiger charge is 2.37. The zero-order chi connectivity index (χ0) is 28.8. The predicted molar refractivity (Wildman–Crippen MR) is 179 cm³/mol. The highest BCUT2D eigenvalue weighted by molar-refractivity contribution is 5.48. The molecule has 1 aliphatic heterocycles. The summed E-state index contributed by atoms with van der Waals surface area (Å²) in [6, 6.07) is 0.366. The number of hydrogen-bond acceptors (Lipinski definition) is 2. The smallest absolute Gasteiger partial charge is 0.185 e. The van der Waals surface area contributed by atoms with Gasteiger partial charge in [0.25, 0.3) is 0 Å². The lowest BCUT2D eigenvalue weighted by Gasteiger charge is -2.37. The lowest BCUT2D eigenvalue weighted by Crippen LogP contribution is -2.55. The maximum atomic E-state index is 10.3. The number of aliphatic hydroxyl groups is 1. The first-order valence-electron chi connectivity index (χ1n) is 18.8. The highest BCUT2D eigenvalue weighted by atomic mass is 16.3. The van der Waals surface area contributed by atoms with Gasteiger partial charge in [0.2, 0.25) is 0 Å². The maximum absolute atomic E-state index is 10.3. The number of aliphatic imine (C=N–C) groups is 1. The topological polar surface area (TPSA) is 32.6 Å². The molecule has 0 spiro atoms. The van der Waals surface area contributed by atoms with E-state index in [1.165, 1.54) is 193 Å². The third-order valence-corrected chi connectivity index (χ3v) is 9.71. The van der Waals surface area contributed by atoms with Crippen LogP contribution in [0.15, 0.2) is 4.99 Å². The Labute approximate surface area is 253 Å². The third-order valence-electron chi connectivity index (χ3n) is 9.71. The molecule has 1 N–H and O–H groups in total. The molecule has 40 heavy (non-hydrogen) atoms. The van der Waals surface area contributed by atoms with Gasteiger partial charge >= 0.3 is 0 Å². The van der Waals surface area contributed by atoms with Crippen molar-refractivity contribution >= 4 is 6.34 Å². The van der Waals surface area contributed by atoms with E-state index < -0.39 is 0 Å². The van der Waals surface area contributed by atoms with Crippen LogP contribution in [0.4, 0.5) is 0 Å². The zero-order valence-electron chi connectivity index (χ0n) is 27.8. The molecule has 0 aromatic rings. The van der Waals surface area contributed by atoms with Crippen molar-refractivity contribution in [3.05, 3.63) is 0 Å². The van der Waals surface area contributed by atoms with E-state index in [0.29, 0.717) is 12.6 Å². The Bertz CT molecular complexity index is 536. The molecule has 1 aliphatic rings. The maximum Gasteiger partial charge on any atom is 0.185 e. The summed E-state index contributed by atoms with van der Waals surface area (Å²) in [5.41, 5.74) is 0. The van der Waals surface area contributed by atoms with E-state index in [9.17, 15) is 5.11 Å². The average Bonchev–Trinajstić information content (AvgIpc) is 3.45. The number of unbranched alkanes of at least 4 members (excludes halogenated alkanes) is 26.